The van der Waals surface area contributed by atoms with Gasteiger partial charge in [-0.25, -0.2) is 9.89 Å². The van der Waals surface area contributed by atoms with Gasteiger partial charge in [0.25, 0.3) is 0 Å². The molecule has 3 aromatic rings. The zero-order valence-corrected chi connectivity index (χ0v) is 17.0. The van der Waals surface area contributed by atoms with Gasteiger partial charge in [-0.15, -0.1) is 5.10 Å². The summed E-state index contributed by atoms with van der Waals surface area (Å²) in [4.78, 5) is 25.2. The summed E-state index contributed by atoms with van der Waals surface area (Å²) in [6.45, 7) is 6.51. The lowest BCUT2D eigenvalue weighted by Gasteiger charge is -2.18. The van der Waals surface area contributed by atoms with Crippen molar-refractivity contribution in [2.45, 2.75) is 44.1 Å². The molecule has 1 atom stereocenters. The van der Waals surface area contributed by atoms with Gasteiger partial charge in [-0.2, -0.15) is 0 Å². The summed E-state index contributed by atoms with van der Waals surface area (Å²) in [5.41, 5.74) is 3.46. The van der Waals surface area contributed by atoms with Crippen LogP contribution in [0.3, 0.4) is 0 Å². The molecule has 6 nitrogen and oxygen atoms in total. The summed E-state index contributed by atoms with van der Waals surface area (Å²) in [7, 11) is 0. The molecule has 0 saturated carbocycles. The van der Waals surface area contributed by atoms with Crippen molar-refractivity contribution in [3.05, 3.63) is 75.7 Å². The highest BCUT2D eigenvalue weighted by molar-refractivity contribution is 8.00. The first-order valence-electron chi connectivity index (χ1n) is 9.24. The summed E-state index contributed by atoms with van der Waals surface area (Å²) in [6, 6.07) is 15.5. The normalized spacial score (nSPS) is 12.0. The molecule has 1 unspecified atom stereocenters. The highest BCUT2D eigenvalue weighted by Gasteiger charge is 2.25. The molecule has 0 fully saturated rings. The molecule has 0 aliphatic heterocycles. The fourth-order valence-corrected chi connectivity index (χ4v) is 3.96. The van der Waals surface area contributed by atoms with Gasteiger partial charge < -0.3 is 5.32 Å². The lowest BCUT2D eigenvalue weighted by molar-refractivity contribution is -0.115. The second-order valence-electron chi connectivity index (χ2n) is 6.68. The van der Waals surface area contributed by atoms with E-state index in [2.05, 4.69) is 15.5 Å². The molecule has 0 aliphatic carbocycles. The number of H-pyrrole nitrogens is 1. The highest BCUT2D eigenvalue weighted by atomic mass is 32.2. The van der Waals surface area contributed by atoms with E-state index >= 15 is 0 Å². The number of anilines is 1. The van der Waals surface area contributed by atoms with Crippen molar-refractivity contribution in [1.29, 1.82) is 0 Å². The first-order chi connectivity index (χ1) is 13.5. The number of hydrogen-bond acceptors (Lipinski definition) is 4. The van der Waals surface area contributed by atoms with Crippen molar-refractivity contribution in [3.8, 4) is 0 Å². The maximum atomic E-state index is 13.2. The maximum Gasteiger partial charge on any atom is 0.343 e. The minimum Gasteiger partial charge on any atom is -0.325 e. The van der Waals surface area contributed by atoms with Crippen LogP contribution in [-0.2, 0) is 11.3 Å². The largest absolute Gasteiger partial charge is 0.343 e. The van der Waals surface area contributed by atoms with Crippen LogP contribution in [0.4, 0.5) is 5.69 Å². The van der Waals surface area contributed by atoms with Gasteiger partial charge in [0.2, 0.25) is 5.91 Å². The lowest BCUT2D eigenvalue weighted by Crippen LogP contribution is -2.21. The SMILES string of the molecule is CCCn1c(SC(C(=O)Nc2cc(C)ccc2C)c2ccccc2)n[nH]c1=O. The molecule has 2 N–H and O–H groups in total. The summed E-state index contributed by atoms with van der Waals surface area (Å²) in [6.07, 6.45) is 0.803. The molecular formula is C21H24N4O2S. The Morgan fingerprint density at radius 2 is 1.96 bits per heavy atom. The molecule has 2 aromatic carbocycles. The smallest absolute Gasteiger partial charge is 0.325 e. The Morgan fingerprint density at radius 1 is 1.21 bits per heavy atom. The van der Waals surface area contributed by atoms with Crippen molar-refractivity contribution in [2.75, 3.05) is 5.32 Å². The molecule has 7 heteroatoms. The van der Waals surface area contributed by atoms with Crippen LogP contribution in [-0.4, -0.2) is 20.7 Å². The highest BCUT2D eigenvalue weighted by Crippen LogP contribution is 2.35. The van der Waals surface area contributed by atoms with Crippen LogP contribution in [0.1, 0.15) is 35.3 Å². The second kappa shape index (κ2) is 8.93. The van der Waals surface area contributed by atoms with Crippen LogP contribution in [0.25, 0.3) is 0 Å². The Bertz CT molecular complexity index is 1010. The molecular weight excluding hydrogens is 372 g/mol. The van der Waals surface area contributed by atoms with Crippen LogP contribution in [0.5, 0.6) is 0 Å². The third-order valence-electron chi connectivity index (χ3n) is 4.39. The summed E-state index contributed by atoms with van der Waals surface area (Å²) in [5, 5.41) is 9.64. The van der Waals surface area contributed by atoms with Gasteiger partial charge in [-0.1, -0.05) is 61.2 Å². The topological polar surface area (TPSA) is 79.8 Å². The van der Waals surface area contributed by atoms with Crippen LogP contribution >= 0.6 is 11.8 Å². The van der Waals surface area contributed by atoms with Gasteiger partial charge in [0.1, 0.15) is 5.25 Å². The first kappa shape index (κ1) is 19.9. The van der Waals surface area contributed by atoms with E-state index in [0.29, 0.717) is 11.7 Å². The monoisotopic (exact) mass is 396 g/mol. The van der Waals surface area contributed by atoms with E-state index in [1.807, 2.05) is 69.3 Å². The fourth-order valence-electron chi connectivity index (χ4n) is 2.89. The average Bonchev–Trinajstić information content (AvgIpc) is 3.03. The fraction of sp³-hybridized carbons (Fsp3) is 0.286. The number of hydrogen-bond donors (Lipinski definition) is 2. The van der Waals surface area contributed by atoms with Gasteiger partial charge in [-0.3, -0.25) is 9.36 Å². The average molecular weight is 397 g/mol. The van der Waals surface area contributed by atoms with Crippen molar-refractivity contribution >= 4 is 23.4 Å². The molecule has 0 spiro atoms. The molecule has 28 heavy (non-hydrogen) atoms. The number of aromatic amines is 1. The van der Waals surface area contributed by atoms with Crippen LogP contribution in [0, 0.1) is 13.8 Å². The van der Waals surface area contributed by atoms with Gasteiger partial charge >= 0.3 is 5.69 Å². The van der Waals surface area contributed by atoms with Gasteiger partial charge in [-0.05, 0) is 43.0 Å². The number of nitrogens with one attached hydrogen (secondary N) is 2. The predicted molar refractivity (Wildman–Crippen MR) is 113 cm³/mol. The molecule has 0 aliphatic rings. The van der Waals surface area contributed by atoms with Gasteiger partial charge in [0.05, 0.1) is 0 Å². The van der Waals surface area contributed by atoms with Crippen molar-refractivity contribution < 1.29 is 4.79 Å². The Labute approximate surface area is 168 Å². The van der Waals surface area contributed by atoms with Crippen LogP contribution < -0.4 is 11.0 Å². The summed E-state index contributed by atoms with van der Waals surface area (Å²) < 4.78 is 1.58. The Kier molecular flexibility index (Phi) is 6.36. The number of rotatable bonds is 7. The second-order valence-corrected chi connectivity index (χ2v) is 7.75. The van der Waals surface area contributed by atoms with E-state index in [-0.39, 0.29) is 11.6 Å². The lowest BCUT2D eigenvalue weighted by atomic mass is 10.1. The van der Waals surface area contributed by atoms with Crippen LogP contribution in [0.2, 0.25) is 0 Å². The van der Waals surface area contributed by atoms with Gasteiger partial charge in [0.15, 0.2) is 5.16 Å². The Hall–Kier alpha value is -2.80. The third kappa shape index (κ3) is 4.54. The molecule has 1 heterocycles. The summed E-state index contributed by atoms with van der Waals surface area (Å²) >= 11 is 1.28. The van der Waals surface area contributed by atoms with E-state index in [1.165, 1.54) is 11.8 Å². The summed E-state index contributed by atoms with van der Waals surface area (Å²) in [5.74, 6) is -0.150. The molecule has 0 saturated heterocycles. The minimum absolute atomic E-state index is 0.150. The van der Waals surface area contributed by atoms with Crippen molar-refractivity contribution in [2.24, 2.45) is 0 Å². The zero-order valence-electron chi connectivity index (χ0n) is 16.2. The third-order valence-corrected chi connectivity index (χ3v) is 5.63. The van der Waals surface area contributed by atoms with E-state index in [0.717, 1.165) is 28.8 Å². The number of carbonyl (C=O) groups is 1. The number of aromatic nitrogens is 3. The molecule has 0 bridgehead atoms. The zero-order chi connectivity index (χ0) is 20.1. The standard InChI is InChI=1S/C21H24N4O2S/c1-4-12-25-20(27)23-24-21(25)28-18(16-8-6-5-7-9-16)19(26)22-17-13-14(2)10-11-15(17)3/h5-11,13,18H,4,12H2,1-3H3,(H,22,26)(H,23,27). The van der Waals surface area contributed by atoms with Gasteiger partial charge in [0, 0.05) is 12.2 Å². The van der Waals surface area contributed by atoms with E-state index in [9.17, 15) is 9.59 Å². The minimum atomic E-state index is -0.535. The molecule has 3 rings (SSSR count). The number of thioether (sulfide) groups is 1. The number of amides is 1. The Morgan fingerprint density at radius 3 is 2.68 bits per heavy atom. The number of nitrogens with zero attached hydrogens (tertiary/aromatic N) is 2. The van der Waals surface area contributed by atoms with Crippen molar-refractivity contribution in [1.82, 2.24) is 14.8 Å². The first-order valence-corrected chi connectivity index (χ1v) is 10.1. The van der Waals surface area contributed by atoms with E-state index in [4.69, 9.17) is 0 Å². The van der Waals surface area contributed by atoms with E-state index in [1.54, 1.807) is 4.57 Å². The molecule has 1 aromatic heterocycles. The van der Waals surface area contributed by atoms with E-state index < -0.39 is 5.25 Å². The number of benzene rings is 2. The quantitative estimate of drug-likeness (QED) is 0.590. The molecule has 146 valence electrons. The predicted octanol–water partition coefficient (Wildman–Crippen LogP) is 4.07. The Balaban J connectivity index is 1.93. The molecule has 0 radical (unpaired) electrons. The molecule has 1 amide bonds. The van der Waals surface area contributed by atoms with Crippen molar-refractivity contribution in [3.63, 3.8) is 0 Å². The number of aryl methyl sites for hydroxylation is 2. The maximum absolute atomic E-state index is 13.2. The number of carbonyl (C=O) groups excluding carboxylic acids is 1. The van der Waals surface area contributed by atoms with Crippen LogP contribution in [0.15, 0.2) is 58.5 Å².